The molecule has 4 heterocycles. The summed E-state index contributed by atoms with van der Waals surface area (Å²) in [6, 6.07) is -3.08. The van der Waals surface area contributed by atoms with Crippen molar-refractivity contribution in [1.82, 2.24) is 9.80 Å². The van der Waals surface area contributed by atoms with E-state index in [4.69, 9.17) is 44.2 Å². The van der Waals surface area contributed by atoms with E-state index in [1.54, 1.807) is 4.90 Å². The van der Waals surface area contributed by atoms with Gasteiger partial charge in [-0.15, -0.1) is 0 Å². The van der Waals surface area contributed by atoms with E-state index in [9.17, 15) is 54.8 Å². The van der Waals surface area contributed by atoms with Crippen LogP contribution in [-0.2, 0) is 46.9 Å². The Kier molecular flexibility index (Phi) is 20.0. The topological polar surface area (TPSA) is 336 Å². The number of carbonyl (C=O) groups is 2. The second-order valence-corrected chi connectivity index (χ2v) is 16.8. The zero-order valence-electron chi connectivity index (χ0n) is 33.0. The fraction of sp³-hybridized carbons (Fsp3) is 0.943. The predicted molar refractivity (Wildman–Crippen MR) is 199 cm³/mol. The molecule has 0 aromatic carbocycles. The van der Waals surface area contributed by atoms with Gasteiger partial charge in [0.2, 0.25) is 11.8 Å². The van der Waals surface area contributed by atoms with Crippen molar-refractivity contribution in [2.24, 2.45) is 11.5 Å². The number of ether oxygens (including phenoxy) is 5. The average molecular weight is 861 g/mol. The van der Waals surface area contributed by atoms with Crippen LogP contribution in [0.3, 0.4) is 0 Å². The molecule has 0 aliphatic carbocycles. The molecule has 22 nitrogen and oxygen atoms in total. The van der Waals surface area contributed by atoms with Gasteiger partial charge in [-0.2, -0.15) is 0 Å². The van der Waals surface area contributed by atoms with Gasteiger partial charge < -0.3 is 85.6 Å². The van der Waals surface area contributed by atoms with Crippen molar-refractivity contribution in [3.63, 3.8) is 0 Å². The molecule has 2 amide bonds. The minimum Gasteiger partial charge on any atom is -0.394 e. The van der Waals surface area contributed by atoms with Crippen molar-refractivity contribution in [2.45, 2.75) is 150 Å². The standard InChI is InChI=1S/C35H65N4O18P/c1-51-18-21-13-23(15-39(21)27(44)9-5-3-7-11-53-35-29(37)33(48)31(46)25(17-41)56-35)57-58(49,50)54-19-20-12-22(42)14-38(20)26(43)8-4-2-6-10-52-34-28(36)32(47)30(45)24(16-40)55-34/h20-25,28-35,40-42,45-48H,2-19,36-37H2,1H3,(H,49,50)/t20-,21-,22+,23+,24?,25?,28?,29?,30?,31?,32?,33?,34?,35?/m0/s1. The largest absolute Gasteiger partial charge is 0.472 e. The highest BCUT2D eigenvalue weighted by Gasteiger charge is 2.45. The van der Waals surface area contributed by atoms with Crippen LogP contribution in [0.4, 0.5) is 0 Å². The molecule has 0 aromatic rings. The summed E-state index contributed by atoms with van der Waals surface area (Å²) in [6.07, 6.45) is -7.13. The number of nitrogens with two attached hydrogens (primary N) is 2. The highest BCUT2D eigenvalue weighted by Crippen LogP contribution is 2.47. The highest BCUT2D eigenvalue weighted by molar-refractivity contribution is 7.47. The van der Waals surface area contributed by atoms with Crippen LogP contribution in [0, 0.1) is 0 Å². The first-order valence-electron chi connectivity index (χ1n) is 20.0. The summed E-state index contributed by atoms with van der Waals surface area (Å²) in [5.41, 5.74) is 11.8. The van der Waals surface area contributed by atoms with Crippen molar-refractivity contribution in [1.29, 1.82) is 0 Å². The first-order valence-corrected chi connectivity index (χ1v) is 21.5. The molecule has 23 heteroatoms. The van der Waals surface area contributed by atoms with Crippen LogP contribution in [0.25, 0.3) is 0 Å². The Bertz CT molecular complexity index is 1310. The number of likely N-dealkylation sites (tertiary alicyclic amines) is 2. The second kappa shape index (κ2) is 23.6. The summed E-state index contributed by atoms with van der Waals surface area (Å²) in [6.45, 7) is -0.734. The van der Waals surface area contributed by atoms with Gasteiger partial charge in [0, 0.05) is 46.3 Å². The third kappa shape index (κ3) is 13.7. The number of β-amino-alcohol motifs (C(OH)–C–C–N with tert-alkyl or cyclic N) is 1. The van der Waals surface area contributed by atoms with Gasteiger partial charge in [-0.3, -0.25) is 18.6 Å². The van der Waals surface area contributed by atoms with E-state index in [0.717, 1.165) is 0 Å². The lowest BCUT2D eigenvalue weighted by Crippen LogP contribution is -2.62. The van der Waals surface area contributed by atoms with Gasteiger partial charge in [0.05, 0.1) is 62.8 Å². The first kappa shape index (κ1) is 49.1. The van der Waals surface area contributed by atoms with Crippen LogP contribution in [0.2, 0.25) is 0 Å². The molecule has 4 aliphatic rings. The molecule has 4 rings (SSSR count). The summed E-state index contributed by atoms with van der Waals surface area (Å²) in [5.74, 6) is -0.455. The molecule has 4 aliphatic heterocycles. The van der Waals surface area contributed by atoms with Crippen molar-refractivity contribution in [3.8, 4) is 0 Å². The van der Waals surface area contributed by atoms with Crippen LogP contribution in [0.1, 0.15) is 64.2 Å². The van der Waals surface area contributed by atoms with Gasteiger partial charge in [-0.1, -0.05) is 12.8 Å². The number of rotatable bonds is 23. The second-order valence-electron chi connectivity index (χ2n) is 15.4. The Labute approximate surface area is 337 Å². The molecular formula is C35H65N4O18P. The smallest absolute Gasteiger partial charge is 0.394 e. The van der Waals surface area contributed by atoms with E-state index >= 15 is 0 Å². The SMILES string of the molecule is COC[C@@H]1C[C@@H](OP(=O)(O)OC[C@@H]2C[C@@H](O)CN2C(=O)CCCCCOC2OC(CO)C(O)C(O)C2N)CN1C(=O)CCCCCOC1OC(CO)C(O)C(O)C1N. The normalized spacial score (nSPS) is 36.7. The van der Waals surface area contributed by atoms with Gasteiger partial charge in [0.15, 0.2) is 12.6 Å². The predicted octanol–water partition coefficient (Wildman–Crippen LogP) is -3.62. The van der Waals surface area contributed by atoms with E-state index in [-0.39, 0.29) is 77.0 Å². The molecule has 4 fully saturated rings. The molecule has 0 saturated carbocycles. The van der Waals surface area contributed by atoms with Gasteiger partial charge >= 0.3 is 7.82 Å². The summed E-state index contributed by atoms with van der Waals surface area (Å²) < 4.78 is 51.2. The monoisotopic (exact) mass is 860 g/mol. The molecule has 338 valence electrons. The van der Waals surface area contributed by atoms with Crippen molar-refractivity contribution in [3.05, 3.63) is 0 Å². The maximum atomic E-state index is 13.2. The highest BCUT2D eigenvalue weighted by atomic mass is 31.2. The number of aliphatic hydroxyl groups excluding tert-OH is 7. The Hall–Kier alpha value is -1.51. The van der Waals surface area contributed by atoms with Gasteiger partial charge in [0.25, 0.3) is 0 Å². The molecule has 0 spiro atoms. The fourth-order valence-corrected chi connectivity index (χ4v) is 8.61. The van der Waals surface area contributed by atoms with Gasteiger partial charge in [0.1, 0.15) is 36.6 Å². The van der Waals surface area contributed by atoms with Crippen molar-refractivity contribution >= 4 is 19.6 Å². The Morgan fingerprint density at radius 3 is 1.67 bits per heavy atom. The molecule has 4 saturated heterocycles. The average Bonchev–Trinajstić information content (AvgIpc) is 3.78. The number of carbonyl (C=O) groups excluding carboxylic acids is 2. The van der Waals surface area contributed by atoms with Gasteiger partial charge in [-0.05, 0) is 38.5 Å². The number of nitrogens with zero attached hydrogens (tertiary/aromatic N) is 2. The van der Waals surface area contributed by atoms with Crippen LogP contribution in [0.5, 0.6) is 0 Å². The molecule has 11 unspecified atom stereocenters. The molecule has 0 aromatic heterocycles. The zero-order chi connectivity index (χ0) is 42.6. The van der Waals surface area contributed by atoms with E-state index in [2.05, 4.69) is 0 Å². The number of phosphoric ester groups is 1. The molecule has 58 heavy (non-hydrogen) atoms. The van der Waals surface area contributed by atoms with Crippen molar-refractivity contribution in [2.75, 3.05) is 59.8 Å². The maximum Gasteiger partial charge on any atom is 0.472 e. The summed E-state index contributed by atoms with van der Waals surface area (Å²) in [7, 11) is -3.17. The molecule has 15 atom stereocenters. The number of hydrogen-bond acceptors (Lipinski definition) is 19. The van der Waals surface area contributed by atoms with Gasteiger partial charge in [-0.25, -0.2) is 4.57 Å². The summed E-state index contributed by atoms with van der Waals surface area (Å²) >= 11 is 0. The molecular weight excluding hydrogens is 795 g/mol. The van der Waals surface area contributed by atoms with Crippen LogP contribution in [0.15, 0.2) is 0 Å². The maximum absolute atomic E-state index is 13.2. The lowest BCUT2D eigenvalue weighted by Gasteiger charge is -2.40. The molecule has 0 radical (unpaired) electrons. The van der Waals surface area contributed by atoms with Crippen molar-refractivity contribution < 1.29 is 87.5 Å². The number of hydrogen-bond donors (Lipinski definition) is 10. The molecule has 12 N–H and O–H groups in total. The lowest BCUT2D eigenvalue weighted by molar-refractivity contribution is -0.265. The number of aliphatic hydroxyl groups is 7. The number of phosphoric acid groups is 1. The quantitative estimate of drug-likeness (QED) is 0.0350. The summed E-state index contributed by atoms with van der Waals surface area (Å²) in [5, 5.41) is 69.0. The fourth-order valence-electron chi connectivity index (χ4n) is 7.66. The Morgan fingerprint density at radius 1 is 0.707 bits per heavy atom. The first-order chi connectivity index (χ1) is 27.6. The minimum absolute atomic E-state index is 0.0352. The van der Waals surface area contributed by atoms with Crippen LogP contribution < -0.4 is 11.5 Å². The third-order valence-corrected chi connectivity index (χ3v) is 12.0. The van der Waals surface area contributed by atoms with Crippen LogP contribution in [-0.4, -0.2) is 208 Å². The van der Waals surface area contributed by atoms with E-state index in [0.29, 0.717) is 38.5 Å². The Balaban J connectivity index is 1.13. The van der Waals surface area contributed by atoms with E-state index < -0.39 is 107 Å². The minimum atomic E-state index is -4.65. The molecule has 0 bridgehead atoms. The van der Waals surface area contributed by atoms with E-state index in [1.807, 2.05) is 0 Å². The number of unbranched alkanes of at least 4 members (excludes halogenated alkanes) is 4. The zero-order valence-corrected chi connectivity index (χ0v) is 33.9. The van der Waals surface area contributed by atoms with E-state index in [1.165, 1.54) is 12.0 Å². The number of methoxy groups -OCH3 is 1. The lowest BCUT2D eigenvalue weighted by atomic mass is 9.98. The third-order valence-electron chi connectivity index (χ3n) is 11.0. The number of amides is 2. The summed E-state index contributed by atoms with van der Waals surface area (Å²) in [4.78, 5) is 39.9. The Morgan fingerprint density at radius 2 is 1.19 bits per heavy atom. The van der Waals surface area contributed by atoms with Crippen LogP contribution >= 0.6 is 7.82 Å².